The maximum atomic E-state index is 15.3. The van der Waals surface area contributed by atoms with Crippen LogP contribution in [0.4, 0.5) is 5.69 Å². The smallest absolute Gasteiger partial charge is 0.313 e. The Morgan fingerprint density at radius 3 is 2.35 bits per heavy atom. The summed E-state index contributed by atoms with van der Waals surface area (Å²) in [6, 6.07) is 21.3. The fourth-order valence-corrected chi connectivity index (χ4v) is 9.46. The molecule has 3 amide bonds. The average molecular weight is 799 g/mol. The lowest BCUT2D eigenvalue weighted by Crippen LogP contribution is -2.57. The lowest BCUT2D eigenvalue weighted by molar-refractivity contribution is -0.162. The van der Waals surface area contributed by atoms with Gasteiger partial charge in [-0.2, -0.15) is 0 Å². The zero-order valence-corrected chi connectivity index (χ0v) is 32.5. The number of nitrogens with one attached hydrogen (secondary N) is 1. The number of fused-ring (bicyclic) bond motifs is 1. The number of aryl methyl sites for hydroxylation is 2. The Kier molecular flexibility index (Phi) is 11.9. The Balaban J connectivity index is 1.43. The summed E-state index contributed by atoms with van der Waals surface area (Å²) in [6.45, 7) is 12.9. The lowest BCUT2D eigenvalue weighted by atomic mass is 9.70. The number of benzene rings is 3. The molecule has 6 rings (SSSR count). The fourth-order valence-electron chi connectivity index (χ4n) is 8.52. The van der Waals surface area contributed by atoms with Crippen molar-refractivity contribution >= 4 is 45.3 Å². The van der Waals surface area contributed by atoms with Crippen LogP contribution in [-0.4, -0.2) is 75.5 Å². The number of aliphatic hydroxyl groups excluding tert-OH is 1. The van der Waals surface area contributed by atoms with Crippen LogP contribution in [0.5, 0.6) is 0 Å². The number of ether oxygens (including phenoxy) is 2. The topological polar surface area (TPSA) is 125 Å². The van der Waals surface area contributed by atoms with Crippen molar-refractivity contribution in [2.75, 3.05) is 18.1 Å². The maximum Gasteiger partial charge on any atom is 0.313 e. The predicted molar refractivity (Wildman–Crippen MR) is 210 cm³/mol. The molecule has 0 aromatic heterocycles. The van der Waals surface area contributed by atoms with E-state index in [4.69, 9.17) is 9.47 Å². The second-order valence-corrected chi connectivity index (χ2v) is 15.7. The Morgan fingerprint density at radius 1 is 1.06 bits per heavy atom. The molecule has 284 valence electrons. The summed E-state index contributed by atoms with van der Waals surface area (Å²) in [7, 11) is 0. The van der Waals surface area contributed by atoms with Gasteiger partial charge in [0.1, 0.15) is 17.7 Å². The van der Waals surface area contributed by atoms with Gasteiger partial charge >= 0.3 is 5.97 Å². The number of hydrogen-bond acceptors (Lipinski definition) is 7. The molecule has 3 aliphatic heterocycles. The zero-order valence-electron chi connectivity index (χ0n) is 30.9. The highest BCUT2D eigenvalue weighted by Gasteiger charge is 2.78. The van der Waals surface area contributed by atoms with Crippen molar-refractivity contribution in [3.05, 3.63) is 126 Å². The van der Waals surface area contributed by atoms with Gasteiger partial charge in [-0.15, -0.1) is 13.2 Å². The summed E-state index contributed by atoms with van der Waals surface area (Å²) in [5.74, 6) is -3.93. The number of allylic oxidation sites excluding steroid dienone is 1. The van der Waals surface area contributed by atoms with Crippen LogP contribution in [0.1, 0.15) is 60.6 Å². The van der Waals surface area contributed by atoms with Crippen LogP contribution >= 0.6 is 15.9 Å². The lowest BCUT2D eigenvalue weighted by Gasteiger charge is -2.39. The van der Waals surface area contributed by atoms with Crippen LogP contribution in [0, 0.1) is 25.7 Å². The van der Waals surface area contributed by atoms with E-state index in [1.165, 1.54) is 4.90 Å². The van der Waals surface area contributed by atoms with E-state index in [9.17, 15) is 14.7 Å². The molecule has 3 heterocycles. The third kappa shape index (κ3) is 7.17. The Morgan fingerprint density at radius 2 is 1.72 bits per heavy atom. The predicted octanol–water partition coefficient (Wildman–Crippen LogP) is 6.06. The van der Waals surface area contributed by atoms with Gasteiger partial charge in [0.25, 0.3) is 5.91 Å². The van der Waals surface area contributed by atoms with E-state index >= 15 is 9.59 Å². The standard InChI is InChI=1S/C43H48BrN3O7/c1-6-8-19-34(49)45-28(5)37(30-17-13-10-14-18-30)53-42(52)35-36-40(50)47(33(25-48)29-15-11-9-12-16-29)39(43(36)24-31(44)38(35)54-43)41(51)46(22-7-2)32-23-26(3)20-21-27(32)4/h6-7,9-18,20-21,23,28,31,33,35-39,48H,1-2,8,19,22,24-25H2,3-5H3,(H,45,49)/t28-,31?,33+,35-,36+,37-,38-,39-,43+/m0/s1. The molecule has 0 radical (unpaired) electrons. The summed E-state index contributed by atoms with van der Waals surface area (Å²) >= 11 is 3.76. The molecular weight excluding hydrogens is 750 g/mol. The fraction of sp³-hybridized carbons (Fsp3) is 0.395. The van der Waals surface area contributed by atoms with E-state index < -0.39 is 77.0 Å². The highest BCUT2D eigenvalue weighted by atomic mass is 79.9. The van der Waals surface area contributed by atoms with Crippen LogP contribution in [-0.2, 0) is 28.7 Å². The molecule has 1 spiro atoms. The maximum absolute atomic E-state index is 15.3. The van der Waals surface area contributed by atoms with Crippen molar-refractivity contribution in [2.45, 2.75) is 80.8 Å². The molecule has 3 saturated heterocycles. The molecule has 9 atom stereocenters. The first-order chi connectivity index (χ1) is 26.0. The van der Waals surface area contributed by atoms with Gasteiger partial charge in [0.05, 0.1) is 36.6 Å². The second-order valence-electron chi connectivity index (χ2n) is 14.5. The molecule has 3 aliphatic rings. The summed E-state index contributed by atoms with van der Waals surface area (Å²) in [5.41, 5.74) is 2.35. The van der Waals surface area contributed by atoms with E-state index in [2.05, 4.69) is 34.4 Å². The highest BCUT2D eigenvalue weighted by Crippen LogP contribution is 2.61. The summed E-state index contributed by atoms with van der Waals surface area (Å²) in [5, 5.41) is 13.9. The first-order valence-electron chi connectivity index (χ1n) is 18.4. The number of likely N-dealkylation sites (tertiary alicyclic amines) is 1. The van der Waals surface area contributed by atoms with E-state index in [0.29, 0.717) is 23.2 Å². The Hall–Kier alpha value is -4.58. The molecule has 10 nitrogen and oxygen atoms in total. The molecule has 3 fully saturated rings. The summed E-state index contributed by atoms with van der Waals surface area (Å²) in [6.07, 6.45) is 2.63. The minimum atomic E-state index is -1.43. The average Bonchev–Trinajstić information content (AvgIpc) is 3.77. The summed E-state index contributed by atoms with van der Waals surface area (Å²) < 4.78 is 13.2. The van der Waals surface area contributed by atoms with E-state index in [0.717, 1.165) is 11.1 Å². The second kappa shape index (κ2) is 16.4. The first kappa shape index (κ1) is 39.1. The molecule has 1 unspecified atom stereocenters. The van der Waals surface area contributed by atoms with Gasteiger partial charge in [-0.1, -0.05) is 101 Å². The highest BCUT2D eigenvalue weighted by molar-refractivity contribution is 9.09. The number of aliphatic hydroxyl groups is 1. The van der Waals surface area contributed by atoms with Crippen LogP contribution in [0.25, 0.3) is 0 Å². The number of anilines is 1. The SMILES string of the molecule is C=CCCC(=O)N[C@@H](C)[C@H](OC(=O)[C@@H]1[C@H]2O[C@@]3(CC2Br)[C@H](C(=O)N(CC=C)c2cc(C)ccc2C)N([C@H](CO)c2ccccc2)C(=O)[C@@H]13)c1ccccc1. The van der Waals surface area contributed by atoms with Crippen LogP contribution < -0.4 is 10.2 Å². The van der Waals surface area contributed by atoms with Gasteiger partial charge in [-0.05, 0) is 61.9 Å². The number of hydrogen-bond donors (Lipinski definition) is 2. The Labute approximate surface area is 325 Å². The third-order valence-electron chi connectivity index (χ3n) is 10.9. The number of nitrogens with zero attached hydrogens (tertiary/aromatic N) is 2. The van der Waals surface area contributed by atoms with Gasteiger partial charge in [0, 0.05) is 23.5 Å². The van der Waals surface area contributed by atoms with Crippen LogP contribution in [0.2, 0.25) is 0 Å². The largest absolute Gasteiger partial charge is 0.455 e. The van der Waals surface area contributed by atoms with Crippen molar-refractivity contribution in [1.82, 2.24) is 10.2 Å². The zero-order chi connectivity index (χ0) is 38.7. The van der Waals surface area contributed by atoms with E-state index in [1.54, 1.807) is 36.1 Å². The van der Waals surface area contributed by atoms with Gasteiger partial charge in [0.15, 0.2) is 0 Å². The minimum absolute atomic E-state index is 0.152. The molecule has 2 N–H and O–H groups in total. The van der Waals surface area contributed by atoms with Crippen molar-refractivity contribution in [3.8, 4) is 0 Å². The van der Waals surface area contributed by atoms with E-state index in [1.807, 2.05) is 80.6 Å². The Bertz CT molecular complexity index is 1890. The number of halogens is 1. The number of rotatable bonds is 15. The first-order valence-corrected chi connectivity index (χ1v) is 19.3. The monoisotopic (exact) mass is 797 g/mol. The van der Waals surface area contributed by atoms with Crippen molar-refractivity contribution in [1.29, 1.82) is 0 Å². The normalized spacial score (nSPS) is 25.7. The van der Waals surface area contributed by atoms with Crippen LogP contribution in [0.15, 0.2) is 104 Å². The molecule has 54 heavy (non-hydrogen) atoms. The molecule has 0 saturated carbocycles. The van der Waals surface area contributed by atoms with Crippen molar-refractivity contribution < 1.29 is 33.8 Å². The van der Waals surface area contributed by atoms with Gasteiger partial charge in [-0.3, -0.25) is 19.2 Å². The van der Waals surface area contributed by atoms with Gasteiger partial charge in [0.2, 0.25) is 11.8 Å². The van der Waals surface area contributed by atoms with Gasteiger partial charge in [-0.25, -0.2) is 0 Å². The van der Waals surface area contributed by atoms with Crippen LogP contribution in [0.3, 0.4) is 0 Å². The minimum Gasteiger partial charge on any atom is -0.455 e. The number of amides is 3. The van der Waals surface area contributed by atoms with E-state index in [-0.39, 0.29) is 25.3 Å². The van der Waals surface area contributed by atoms with Crippen molar-refractivity contribution in [2.24, 2.45) is 11.8 Å². The third-order valence-corrected chi connectivity index (χ3v) is 11.8. The quantitative estimate of drug-likeness (QED) is 0.109. The molecule has 3 aromatic rings. The number of esters is 1. The molecule has 0 aliphatic carbocycles. The molecule has 2 bridgehead atoms. The summed E-state index contributed by atoms with van der Waals surface area (Å²) in [4.78, 5) is 60.5. The number of carbonyl (C=O) groups is 4. The number of alkyl halides is 1. The van der Waals surface area contributed by atoms with Gasteiger partial charge < -0.3 is 29.7 Å². The molecular formula is C43H48BrN3O7. The number of carbonyl (C=O) groups excluding carboxylic acids is 4. The molecule has 11 heteroatoms. The molecule has 3 aromatic carbocycles. The van der Waals surface area contributed by atoms with Crippen molar-refractivity contribution in [3.63, 3.8) is 0 Å².